The molecule has 1 aromatic heterocycles. The molecule has 4 rings (SSSR count). The van der Waals surface area contributed by atoms with Crippen LogP contribution in [0.4, 0.5) is 11.4 Å². The molecular weight excluding hydrogens is 524 g/mol. The van der Waals surface area contributed by atoms with Gasteiger partial charge in [-0.3, -0.25) is 14.9 Å². The quantitative estimate of drug-likeness (QED) is 0.216. The van der Waals surface area contributed by atoms with Gasteiger partial charge in [0, 0.05) is 22.8 Å². The van der Waals surface area contributed by atoms with Gasteiger partial charge in [-0.25, -0.2) is 8.42 Å². The number of nitro groups is 1. The number of ether oxygens (including phenoxy) is 2. The fraction of sp³-hybridized carbons (Fsp3) is 0.0800. The van der Waals surface area contributed by atoms with Gasteiger partial charge in [-0.05, 0) is 54.6 Å². The number of halogens is 1. The van der Waals surface area contributed by atoms with Gasteiger partial charge in [0.15, 0.2) is 11.5 Å². The van der Waals surface area contributed by atoms with Crippen LogP contribution in [0.15, 0.2) is 93.1 Å². The largest absolute Gasteiger partial charge is 0.497 e. The van der Waals surface area contributed by atoms with Crippen molar-refractivity contribution in [2.24, 2.45) is 0 Å². The standard InChI is InChI=1S/C25H19ClN2O8S/c1-34-19-12-17(13-21(14-19)37(32,33)20-9-6-16(26)7-10-20)27-25(29)24-11-8-18(36-24)15-35-23-5-3-2-4-22(23)28(30)31/h2-14H,15H2,1H3,(H,27,29). The van der Waals surface area contributed by atoms with E-state index in [0.29, 0.717) is 5.02 Å². The van der Waals surface area contributed by atoms with E-state index in [4.69, 9.17) is 25.5 Å². The van der Waals surface area contributed by atoms with Crippen molar-refractivity contribution in [3.63, 3.8) is 0 Å². The third-order valence-electron chi connectivity index (χ3n) is 5.13. The zero-order chi connectivity index (χ0) is 26.6. The number of furan rings is 1. The molecule has 1 amide bonds. The van der Waals surface area contributed by atoms with Gasteiger partial charge >= 0.3 is 5.69 Å². The molecule has 0 unspecified atom stereocenters. The molecule has 0 aliphatic carbocycles. The average molecular weight is 543 g/mol. The Kier molecular flexibility index (Phi) is 7.46. The molecule has 1 N–H and O–H groups in total. The number of para-hydroxylation sites is 2. The van der Waals surface area contributed by atoms with Gasteiger partial charge in [-0.15, -0.1) is 0 Å². The van der Waals surface area contributed by atoms with Crippen LogP contribution in [-0.4, -0.2) is 26.4 Å². The molecule has 0 saturated carbocycles. The van der Waals surface area contributed by atoms with Gasteiger partial charge < -0.3 is 19.2 Å². The van der Waals surface area contributed by atoms with Gasteiger partial charge in [-0.1, -0.05) is 23.7 Å². The van der Waals surface area contributed by atoms with E-state index in [1.54, 1.807) is 6.07 Å². The minimum absolute atomic E-state index is 0.0248. The highest BCUT2D eigenvalue weighted by molar-refractivity contribution is 7.91. The topological polar surface area (TPSA) is 138 Å². The summed E-state index contributed by atoms with van der Waals surface area (Å²) in [5, 5.41) is 14.1. The molecule has 3 aromatic carbocycles. The summed E-state index contributed by atoms with van der Waals surface area (Å²) in [6, 6.07) is 18.6. The van der Waals surface area contributed by atoms with Crippen LogP contribution in [0.3, 0.4) is 0 Å². The van der Waals surface area contributed by atoms with E-state index >= 15 is 0 Å². The Balaban J connectivity index is 1.51. The van der Waals surface area contributed by atoms with Crippen LogP contribution in [0.2, 0.25) is 5.02 Å². The van der Waals surface area contributed by atoms with Crippen molar-refractivity contribution >= 4 is 38.7 Å². The molecule has 37 heavy (non-hydrogen) atoms. The summed E-state index contributed by atoms with van der Waals surface area (Å²) in [6.45, 7) is -0.152. The number of nitro benzene ring substituents is 1. The Morgan fingerprint density at radius 1 is 1.03 bits per heavy atom. The molecule has 190 valence electrons. The number of rotatable bonds is 9. The molecule has 0 atom stereocenters. The summed E-state index contributed by atoms with van der Waals surface area (Å²) in [4.78, 5) is 23.3. The maximum atomic E-state index is 13.1. The van der Waals surface area contributed by atoms with E-state index in [9.17, 15) is 23.3 Å². The van der Waals surface area contributed by atoms with Crippen LogP contribution in [0.1, 0.15) is 16.3 Å². The number of sulfone groups is 1. The van der Waals surface area contributed by atoms with Crippen LogP contribution in [-0.2, 0) is 16.4 Å². The highest BCUT2D eigenvalue weighted by atomic mass is 35.5. The van der Waals surface area contributed by atoms with Crippen molar-refractivity contribution in [1.82, 2.24) is 0 Å². The maximum Gasteiger partial charge on any atom is 0.310 e. The zero-order valence-corrected chi connectivity index (χ0v) is 20.8. The Hall–Kier alpha value is -4.35. The first-order chi connectivity index (χ1) is 17.7. The van der Waals surface area contributed by atoms with Gasteiger partial charge in [-0.2, -0.15) is 0 Å². The number of methoxy groups -OCH3 is 1. The Morgan fingerprint density at radius 2 is 1.76 bits per heavy atom. The lowest BCUT2D eigenvalue weighted by atomic mass is 10.3. The third kappa shape index (κ3) is 5.90. The van der Waals surface area contributed by atoms with Crippen molar-refractivity contribution in [3.8, 4) is 11.5 Å². The summed E-state index contributed by atoms with van der Waals surface area (Å²) in [6.07, 6.45) is 0. The smallest absolute Gasteiger partial charge is 0.310 e. The predicted molar refractivity (Wildman–Crippen MR) is 134 cm³/mol. The summed E-state index contributed by atoms with van der Waals surface area (Å²) in [5.74, 6) is -0.213. The lowest BCUT2D eigenvalue weighted by Crippen LogP contribution is -2.12. The molecule has 0 saturated heterocycles. The average Bonchev–Trinajstić information content (AvgIpc) is 3.37. The van der Waals surface area contributed by atoms with E-state index < -0.39 is 20.7 Å². The second kappa shape index (κ2) is 10.7. The minimum Gasteiger partial charge on any atom is -0.497 e. The number of carbonyl (C=O) groups excluding carboxylic acids is 1. The maximum absolute atomic E-state index is 13.1. The second-order valence-electron chi connectivity index (χ2n) is 7.59. The molecule has 0 bridgehead atoms. The number of anilines is 1. The first-order valence-electron chi connectivity index (χ1n) is 10.6. The van der Waals surface area contributed by atoms with Gasteiger partial charge in [0.05, 0.1) is 21.8 Å². The molecule has 12 heteroatoms. The molecule has 0 radical (unpaired) electrons. The first kappa shape index (κ1) is 25.7. The van der Waals surface area contributed by atoms with Gasteiger partial charge in [0.25, 0.3) is 5.91 Å². The van der Waals surface area contributed by atoms with Crippen LogP contribution >= 0.6 is 11.6 Å². The van der Waals surface area contributed by atoms with E-state index in [1.807, 2.05) is 0 Å². The van der Waals surface area contributed by atoms with Crippen molar-refractivity contribution in [2.45, 2.75) is 16.4 Å². The molecule has 1 heterocycles. The van der Waals surface area contributed by atoms with Crippen LogP contribution in [0, 0.1) is 10.1 Å². The van der Waals surface area contributed by atoms with E-state index in [0.717, 1.165) is 0 Å². The van der Waals surface area contributed by atoms with Gasteiger partial charge in [0.1, 0.15) is 18.1 Å². The van der Waals surface area contributed by atoms with E-state index in [-0.39, 0.29) is 50.8 Å². The SMILES string of the molecule is COc1cc(NC(=O)c2ccc(COc3ccccc3[N+](=O)[O-])o2)cc(S(=O)(=O)c2ccc(Cl)cc2)c1. The predicted octanol–water partition coefficient (Wildman–Crippen LogP) is 5.51. The number of amides is 1. The highest BCUT2D eigenvalue weighted by Crippen LogP contribution is 2.30. The second-order valence-corrected chi connectivity index (χ2v) is 9.97. The van der Waals surface area contributed by atoms with Crippen molar-refractivity contribution < 1.29 is 32.0 Å². The molecule has 0 aliphatic heterocycles. The lowest BCUT2D eigenvalue weighted by Gasteiger charge is -2.11. The van der Waals surface area contributed by atoms with Crippen LogP contribution in [0.5, 0.6) is 11.5 Å². The number of nitrogens with one attached hydrogen (secondary N) is 1. The number of hydrogen-bond donors (Lipinski definition) is 1. The summed E-state index contributed by atoms with van der Waals surface area (Å²) < 4.78 is 42.4. The Labute approximate surface area is 216 Å². The fourth-order valence-corrected chi connectivity index (χ4v) is 4.76. The lowest BCUT2D eigenvalue weighted by molar-refractivity contribution is -0.386. The fourth-order valence-electron chi connectivity index (χ4n) is 3.32. The molecule has 0 spiro atoms. The molecular formula is C25H19ClN2O8S. The minimum atomic E-state index is -3.93. The number of carbonyl (C=O) groups is 1. The first-order valence-corrected chi connectivity index (χ1v) is 12.5. The summed E-state index contributed by atoms with van der Waals surface area (Å²) >= 11 is 5.86. The zero-order valence-electron chi connectivity index (χ0n) is 19.2. The van der Waals surface area contributed by atoms with Crippen molar-refractivity contribution in [2.75, 3.05) is 12.4 Å². The molecule has 0 aliphatic rings. The number of hydrogen-bond acceptors (Lipinski definition) is 8. The normalized spacial score (nSPS) is 11.1. The Morgan fingerprint density at radius 3 is 2.46 bits per heavy atom. The summed E-state index contributed by atoms with van der Waals surface area (Å²) in [5.41, 5.74) is -0.0413. The summed E-state index contributed by atoms with van der Waals surface area (Å²) in [7, 11) is -2.56. The Bertz CT molecular complexity index is 1570. The van der Waals surface area contributed by atoms with E-state index in [1.165, 1.54) is 79.9 Å². The van der Waals surface area contributed by atoms with E-state index in [2.05, 4.69) is 5.32 Å². The van der Waals surface area contributed by atoms with Crippen molar-refractivity contribution in [1.29, 1.82) is 0 Å². The molecule has 4 aromatic rings. The molecule has 10 nitrogen and oxygen atoms in total. The van der Waals surface area contributed by atoms with Crippen LogP contribution in [0.25, 0.3) is 0 Å². The monoisotopic (exact) mass is 542 g/mol. The molecule has 0 fully saturated rings. The third-order valence-corrected chi connectivity index (χ3v) is 7.13. The number of benzene rings is 3. The number of nitrogens with zero attached hydrogens (tertiary/aromatic N) is 1. The van der Waals surface area contributed by atoms with Crippen molar-refractivity contribution in [3.05, 3.63) is 106 Å². The van der Waals surface area contributed by atoms with Crippen LogP contribution < -0.4 is 14.8 Å². The highest BCUT2D eigenvalue weighted by Gasteiger charge is 2.21. The van der Waals surface area contributed by atoms with Gasteiger partial charge in [0.2, 0.25) is 9.84 Å².